The molecular formula is C21H18N2O6S. The molecule has 1 unspecified atom stereocenters. The van der Waals surface area contributed by atoms with Gasteiger partial charge < -0.3 is 19.9 Å². The van der Waals surface area contributed by atoms with E-state index in [9.17, 15) is 14.4 Å². The fraction of sp³-hybridized carbons (Fsp3) is 0.143. The molecule has 1 fully saturated rings. The SMILES string of the molecule is COC(=O)c1ccccc1N=C1NC(=O)/C(=C\c2ccc(OC(C)C(=O)O)cc2)S1. The molecule has 0 bridgehead atoms. The molecule has 9 heteroatoms. The summed E-state index contributed by atoms with van der Waals surface area (Å²) in [6, 6.07) is 13.4. The summed E-state index contributed by atoms with van der Waals surface area (Å²) in [5.74, 6) is -1.47. The fourth-order valence-corrected chi connectivity index (χ4v) is 3.33. The molecule has 30 heavy (non-hydrogen) atoms. The van der Waals surface area contributed by atoms with Crippen LogP contribution in [0.2, 0.25) is 0 Å². The van der Waals surface area contributed by atoms with Crippen molar-refractivity contribution in [1.29, 1.82) is 0 Å². The Bertz CT molecular complexity index is 1050. The number of nitrogens with zero attached hydrogens (tertiary/aromatic N) is 1. The van der Waals surface area contributed by atoms with Gasteiger partial charge in [0.25, 0.3) is 5.91 Å². The van der Waals surface area contributed by atoms with Gasteiger partial charge >= 0.3 is 11.9 Å². The van der Waals surface area contributed by atoms with Crippen molar-refractivity contribution in [3.8, 4) is 5.75 Å². The highest BCUT2D eigenvalue weighted by atomic mass is 32.2. The predicted octanol–water partition coefficient (Wildman–Crippen LogP) is 3.22. The number of carboxylic acids is 1. The largest absolute Gasteiger partial charge is 0.479 e. The van der Waals surface area contributed by atoms with Crippen LogP contribution in [0.25, 0.3) is 6.08 Å². The van der Waals surface area contributed by atoms with Gasteiger partial charge in [-0.2, -0.15) is 0 Å². The molecule has 1 saturated heterocycles. The van der Waals surface area contributed by atoms with Gasteiger partial charge in [0.05, 0.1) is 23.3 Å². The molecule has 2 aromatic rings. The van der Waals surface area contributed by atoms with Crippen LogP contribution in [0.3, 0.4) is 0 Å². The number of aliphatic imine (C=N–C) groups is 1. The van der Waals surface area contributed by atoms with Crippen LogP contribution in [0, 0.1) is 0 Å². The molecule has 1 amide bonds. The monoisotopic (exact) mass is 426 g/mol. The molecule has 0 radical (unpaired) electrons. The summed E-state index contributed by atoms with van der Waals surface area (Å²) in [4.78, 5) is 39.8. The summed E-state index contributed by atoms with van der Waals surface area (Å²) in [7, 11) is 1.29. The Hall–Kier alpha value is -3.59. The fourth-order valence-electron chi connectivity index (χ4n) is 2.49. The number of esters is 1. The Morgan fingerprint density at radius 2 is 1.87 bits per heavy atom. The highest BCUT2D eigenvalue weighted by molar-refractivity contribution is 8.18. The number of carbonyl (C=O) groups is 3. The van der Waals surface area contributed by atoms with E-state index in [-0.39, 0.29) is 5.91 Å². The number of hydrogen-bond donors (Lipinski definition) is 2. The molecule has 1 atom stereocenters. The molecule has 1 heterocycles. The van der Waals surface area contributed by atoms with Crippen LogP contribution >= 0.6 is 11.8 Å². The van der Waals surface area contributed by atoms with Crippen LogP contribution in [0.4, 0.5) is 5.69 Å². The Balaban J connectivity index is 1.76. The molecule has 0 spiro atoms. The summed E-state index contributed by atoms with van der Waals surface area (Å²) in [6.07, 6.45) is 0.719. The summed E-state index contributed by atoms with van der Waals surface area (Å²) in [6.45, 7) is 1.44. The first-order valence-corrected chi connectivity index (χ1v) is 9.65. The lowest BCUT2D eigenvalue weighted by atomic mass is 10.2. The third kappa shape index (κ3) is 5.06. The van der Waals surface area contributed by atoms with Crippen molar-refractivity contribution in [2.45, 2.75) is 13.0 Å². The maximum absolute atomic E-state index is 12.3. The number of para-hydroxylation sites is 1. The number of carbonyl (C=O) groups excluding carboxylic acids is 2. The lowest BCUT2D eigenvalue weighted by Gasteiger charge is -2.10. The van der Waals surface area contributed by atoms with Gasteiger partial charge in [-0.1, -0.05) is 24.3 Å². The molecule has 8 nitrogen and oxygen atoms in total. The van der Waals surface area contributed by atoms with E-state index in [0.29, 0.717) is 27.1 Å². The second kappa shape index (κ2) is 9.27. The van der Waals surface area contributed by atoms with E-state index in [1.807, 2.05) is 0 Å². The van der Waals surface area contributed by atoms with Crippen molar-refractivity contribution in [2.24, 2.45) is 4.99 Å². The summed E-state index contributed by atoms with van der Waals surface area (Å²) in [5.41, 5.74) is 1.42. The van der Waals surface area contributed by atoms with E-state index in [0.717, 1.165) is 17.3 Å². The number of amidine groups is 1. The minimum Gasteiger partial charge on any atom is -0.479 e. The van der Waals surface area contributed by atoms with Gasteiger partial charge in [0.1, 0.15) is 5.75 Å². The Morgan fingerprint density at radius 1 is 1.17 bits per heavy atom. The van der Waals surface area contributed by atoms with E-state index >= 15 is 0 Å². The average Bonchev–Trinajstić information content (AvgIpc) is 3.07. The minimum absolute atomic E-state index is 0.297. The molecule has 0 saturated carbocycles. The first-order chi connectivity index (χ1) is 14.4. The Morgan fingerprint density at radius 3 is 2.53 bits per heavy atom. The van der Waals surface area contributed by atoms with E-state index in [2.05, 4.69) is 10.3 Å². The van der Waals surface area contributed by atoms with Crippen LogP contribution < -0.4 is 10.1 Å². The van der Waals surface area contributed by atoms with Gasteiger partial charge in [0.15, 0.2) is 11.3 Å². The van der Waals surface area contributed by atoms with Crippen molar-refractivity contribution < 1.29 is 29.0 Å². The van der Waals surface area contributed by atoms with Gasteiger partial charge in [0.2, 0.25) is 0 Å². The van der Waals surface area contributed by atoms with Crippen molar-refractivity contribution in [1.82, 2.24) is 5.32 Å². The van der Waals surface area contributed by atoms with E-state index < -0.39 is 18.0 Å². The lowest BCUT2D eigenvalue weighted by molar-refractivity contribution is -0.144. The van der Waals surface area contributed by atoms with Crippen LogP contribution in [0.15, 0.2) is 58.4 Å². The number of methoxy groups -OCH3 is 1. The highest BCUT2D eigenvalue weighted by Gasteiger charge is 2.24. The number of benzene rings is 2. The molecular weight excluding hydrogens is 408 g/mol. The molecule has 1 aliphatic heterocycles. The lowest BCUT2D eigenvalue weighted by Crippen LogP contribution is -2.22. The standard InChI is InChI=1S/C21H18N2O6S/c1-12(19(25)26)29-14-9-7-13(8-10-14)11-17-18(24)23-21(30-17)22-16-6-4-3-5-15(16)20(27)28-2/h3-12H,1-2H3,(H,25,26)(H,22,23,24)/b17-11+. The number of ether oxygens (including phenoxy) is 2. The summed E-state index contributed by atoms with van der Waals surface area (Å²) in [5, 5.41) is 11.9. The molecule has 3 rings (SSSR count). The van der Waals surface area contributed by atoms with E-state index in [1.54, 1.807) is 54.6 Å². The molecule has 1 aliphatic rings. The average molecular weight is 426 g/mol. The molecule has 0 aromatic heterocycles. The van der Waals surface area contributed by atoms with Crippen molar-refractivity contribution in [3.63, 3.8) is 0 Å². The van der Waals surface area contributed by atoms with Gasteiger partial charge in [-0.25, -0.2) is 14.6 Å². The van der Waals surface area contributed by atoms with Crippen LogP contribution in [-0.4, -0.2) is 41.3 Å². The highest BCUT2D eigenvalue weighted by Crippen LogP contribution is 2.29. The Labute approximate surface area is 176 Å². The number of carboxylic acid groups (broad SMARTS) is 1. The zero-order valence-corrected chi connectivity index (χ0v) is 16.9. The second-order valence-electron chi connectivity index (χ2n) is 6.16. The number of nitrogens with one attached hydrogen (secondary N) is 1. The normalized spacial score (nSPS) is 16.9. The zero-order chi connectivity index (χ0) is 21.7. The van der Waals surface area contributed by atoms with Crippen LogP contribution in [0.5, 0.6) is 5.75 Å². The zero-order valence-electron chi connectivity index (χ0n) is 16.1. The summed E-state index contributed by atoms with van der Waals surface area (Å²) < 4.78 is 10.0. The minimum atomic E-state index is -1.05. The third-order valence-electron chi connectivity index (χ3n) is 4.02. The van der Waals surface area contributed by atoms with Gasteiger partial charge in [-0.05, 0) is 54.6 Å². The number of amides is 1. The first kappa shape index (κ1) is 21.1. The molecule has 0 aliphatic carbocycles. The molecule has 2 N–H and O–H groups in total. The van der Waals surface area contributed by atoms with Crippen molar-refractivity contribution in [2.75, 3.05) is 7.11 Å². The number of rotatable bonds is 6. The van der Waals surface area contributed by atoms with Crippen molar-refractivity contribution >= 4 is 46.5 Å². The predicted molar refractivity (Wildman–Crippen MR) is 113 cm³/mol. The summed E-state index contributed by atoms with van der Waals surface area (Å²) >= 11 is 1.14. The molecule has 2 aromatic carbocycles. The maximum atomic E-state index is 12.3. The second-order valence-corrected chi connectivity index (χ2v) is 7.19. The smallest absolute Gasteiger partial charge is 0.344 e. The van der Waals surface area contributed by atoms with Gasteiger partial charge in [0, 0.05) is 0 Å². The molecule has 154 valence electrons. The van der Waals surface area contributed by atoms with E-state index in [4.69, 9.17) is 14.6 Å². The first-order valence-electron chi connectivity index (χ1n) is 8.84. The van der Waals surface area contributed by atoms with Gasteiger partial charge in [-0.3, -0.25) is 4.79 Å². The quantitative estimate of drug-likeness (QED) is 0.538. The van der Waals surface area contributed by atoms with Crippen LogP contribution in [-0.2, 0) is 14.3 Å². The third-order valence-corrected chi connectivity index (χ3v) is 4.93. The number of thioether (sulfide) groups is 1. The topological polar surface area (TPSA) is 114 Å². The van der Waals surface area contributed by atoms with Crippen LogP contribution in [0.1, 0.15) is 22.8 Å². The number of aliphatic carboxylic acids is 1. The maximum Gasteiger partial charge on any atom is 0.344 e. The Kier molecular flexibility index (Phi) is 6.53. The van der Waals surface area contributed by atoms with Crippen molar-refractivity contribution in [3.05, 3.63) is 64.6 Å². The van der Waals surface area contributed by atoms with E-state index in [1.165, 1.54) is 14.0 Å². The van der Waals surface area contributed by atoms with Gasteiger partial charge in [-0.15, -0.1) is 0 Å². The number of hydrogen-bond acceptors (Lipinski definition) is 7.